The first-order valence-corrected chi connectivity index (χ1v) is 8.62. The van der Waals surface area contributed by atoms with Gasteiger partial charge in [-0.25, -0.2) is 9.78 Å². The summed E-state index contributed by atoms with van der Waals surface area (Å²) in [6.07, 6.45) is 0. The van der Waals surface area contributed by atoms with Gasteiger partial charge in [0.25, 0.3) is 5.91 Å². The van der Waals surface area contributed by atoms with Crippen LogP contribution in [0.4, 0.5) is 0 Å². The lowest BCUT2D eigenvalue weighted by molar-refractivity contribution is 0.0695. The lowest BCUT2D eigenvalue weighted by atomic mass is 10.0. The van der Waals surface area contributed by atoms with Crippen molar-refractivity contribution in [3.8, 4) is 17.0 Å². The van der Waals surface area contributed by atoms with E-state index in [2.05, 4.69) is 10.3 Å². The second-order valence-corrected chi connectivity index (χ2v) is 6.79. The Morgan fingerprint density at radius 2 is 1.78 bits per heavy atom. The zero-order valence-corrected chi connectivity index (χ0v) is 15.4. The molecule has 0 unspecified atom stereocenters. The van der Waals surface area contributed by atoms with Crippen LogP contribution in [0.15, 0.2) is 42.5 Å². The van der Waals surface area contributed by atoms with E-state index < -0.39 is 11.7 Å². The van der Waals surface area contributed by atoms with E-state index in [9.17, 15) is 19.8 Å². The summed E-state index contributed by atoms with van der Waals surface area (Å²) in [5, 5.41) is 23.7. The number of carboxylic acid groups (broad SMARTS) is 1. The summed E-state index contributed by atoms with van der Waals surface area (Å²) in [4.78, 5) is 28.4. The number of halogens is 1. The first-order valence-electron chi connectivity index (χ1n) is 8.24. The molecule has 0 aliphatic carbocycles. The molecule has 0 bridgehead atoms. The van der Waals surface area contributed by atoms with Gasteiger partial charge >= 0.3 is 5.97 Å². The van der Waals surface area contributed by atoms with Crippen LogP contribution >= 0.6 is 11.6 Å². The number of benzene rings is 2. The standard InChI is InChI=1S/C20H17ClN2O4/c1-10(2)22-19(25)12-5-8-15-14(9-12)16(20(26)27)18(24)17(23-15)11-3-6-13(21)7-4-11/h3-10,24H,1-2H3,(H,22,25)(H,26,27). The maximum atomic E-state index is 12.2. The molecule has 2 aromatic carbocycles. The van der Waals surface area contributed by atoms with Crippen LogP contribution in [0.2, 0.25) is 5.02 Å². The van der Waals surface area contributed by atoms with E-state index in [1.54, 1.807) is 36.4 Å². The topological polar surface area (TPSA) is 99.5 Å². The molecule has 7 heteroatoms. The molecule has 0 saturated carbocycles. The minimum atomic E-state index is -1.31. The third kappa shape index (κ3) is 3.71. The predicted octanol–water partition coefficient (Wildman–Crippen LogP) is 4.10. The number of aromatic carboxylic acids is 1. The van der Waals surface area contributed by atoms with Crippen molar-refractivity contribution >= 4 is 34.4 Å². The van der Waals surface area contributed by atoms with Crippen LogP contribution in [-0.4, -0.2) is 33.1 Å². The summed E-state index contributed by atoms with van der Waals surface area (Å²) < 4.78 is 0. The van der Waals surface area contributed by atoms with Crippen LogP contribution in [0, 0.1) is 0 Å². The Kier molecular flexibility index (Phi) is 5.01. The van der Waals surface area contributed by atoms with Gasteiger partial charge in [0.2, 0.25) is 0 Å². The van der Waals surface area contributed by atoms with Crippen LogP contribution in [-0.2, 0) is 0 Å². The van der Waals surface area contributed by atoms with Crippen molar-refractivity contribution in [1.29, 1.82) is 0 Å². The SMILES string of the molecule is CC(C)NC(=O)c1ccc2nc(-c3ccc(Cl)cc3)c(O)c(C(=O)O)c2c1. The third-order valence-electron chi connectivity index (χ3n) is 3.97. The molecule has 1 amide bonds. The minimum Gasteiger partial charge on any atom is -0.505 e. The van der Waals surface area contributed by atoms with Crippen molar-refractivity contribution in [1.82, 2.24) is 10.3 Å². The van der Waals surface area contributed by atoms with Crippen LogP contribution < -0.4 is 5.32 Å². The molecule has 0 atom stereocenters. The lowest BCUT2D eigenvalue weighted by Crippen LogP contribution is -2.30. The van der Waals surface area contributed by atoms with Crippen LogP contribution in [0.1, 0.15) is 34.6 Å². The smallest absolute Gasteiger partial charge is 0.340 e. The average molecular weight is 385 g/mol. The molecule has 0 spiro atoms. The summed E-state index contributed by atoms with van der Waals surface area (Å²) >= 11 is 5.88. The van der Waals surface area contributed by atoms with E-state index in [-0.39, 0.29) is 28.6 Å². The first kappa shape index (κ1) is 18.7. The molecule has 0 saturated heterocycles. The number of rotatable bonds is 4. The largest absolute Gasteiger partial charge is 0.505 e. The number of carboxylic acids is 1. The van der Waals surface area contributed by atoms with Crippen molar-refractivity contribution in [2.75, 3.05) is 0 Å². The number of hydrogen-bond donors (Lipinski definition) is 3. The minimum absolute atomic E-state index is 0.0639. The molecule has 27 heavy (non-hydrogen) atoms. The number of carbonyl (C=O) groups is 2. The normalized spacial score (nSPS) is 11.0. The fourth-order valence-electron chi connectivity index (χ4n) is 2.77. The fraction of sp³-hybridized carbons (Fsp3) is 0.150. The summed E-state index contributed by atoms with van der Waals surface area (Å²) in [6, 6.07) is 11.0. The van der Waals surface area contributed by atoms with Gasteiger partial charge in [-0.3, -0.25) is 4.79 Å². The molecule has 0 fully saturated rings. The van der Waals surface area contributed by atoms with E-state index in [4.69, 9.17) is 11.6 Å². The molecular weight excluding hydrogens is 368 g/mol. The van der Waals surface area contributed by atoms with Crippen molar-refractivity contribution in [2.24, 2.45) is 0 Å². The Hall–Kier alpha value is -3.12. The van der Waals surface area contributed by atoms with E-state index in [1.165, 1.54) is 6.07 Å². The highest BCUT2D eigenvalue weighted by atomic mass is 35.5. The maximum Gasteiger partial charge on any atom is 0.340 e. The van der Waals surface area contributed by atoms with Gasteiger partial charge in [-0.2, -0.15) is 0 Å². The Bertz CT molecular complexity index is 1050. The van der Waals surface area contributed by atoms with Crippen LogP contribution in [0.5, 0.6) is 5.75 Å². The summed E-state index contributed by atoms with van der Waals surface area (Å²) in [5.74, 6) is -2.10. The molecule has 6 nitrogen and oxygen atoms in total. The van der Waals surface area contributed by atoms with Crippen LogP contribution in [0.3, 0.4) is 0 Å². The van der Waals surface area contributed by atoms with Crippen molar-refractivity contribution in [2.45, 2.75) is 19.9 Å². The Morgan fingerprint density at radius 3 is 2.37 bits per heavy atom. The highest BCUT2D eigenvalue weighted by Gasteiger charge is 2.22. The molecule has 3 rings (SSSR count). The number of aromatic hydroxyl groups is 1. The molecule has 0 aliphatic rings. The number of fused-ring (bicyclic) bond motifs is 1. The van der Waals surface area contributed by atoms with E-state index >= 15 is 0 Å². The van der Waals surface area contributed by atoms with E-state index in [1.807, 2.05) is 13.8 Å². The van der Waals surface area contributed by atoms with Gasteiger partial charge in [0.05, 0.1) is 5.52 Å². The van der Waals surface area contributed by atoms with Gasteiger partial charge < -0.3 is 15.5 Å². The highest BCUT2D eigenvalue weighted by molar-refractivity contribution is 6.30. The van der Waals surface area contributed by atoms with Gasteiger partial charge in [0.15, 0.2) is 5.75 Å². The van der Waals surface area contributed by atoms with Gasteiger partial charge in [0, 0.05) is 27.6 Å². The van der Waals surface area contributed by atoms with E-state index in [0.29, 0.717) is 21.7 Å². The molecular formula is C20H17ClN2O4. The zero-order valence-electron chi connectivity index (χ0n) is 14.7. The van der Waals surface area contributed by atoms with E-state index in [0.717, 1.165) is 0 Å². The number of hydrogen-bond acceptors (Lipinski definition) is 4. The second kappa shape index (κ2) is 7.25. The molecule has 1 aromatic heterocycles. The summed E-state index contributed by atoms with van der Waals surface area (Å²) in [5.41, 5.74) is 1.01. The monoisotopic (exact) mass is 384 g/mol. The van der Waals surface area contributed by atoms with Crippen LogP contribution in [0.25, 0.3) is 22.2 Å². The summed E-state index contributed by atoms with van der Waals surface area (Å²) in [7, 11) is 0. The third-order valence-corrected chi connectivity index (χ3v) is 4.22. The molecule has 3 N–H and O–H groups in total. The highest BCUT2D eigenvalue weighted by Crippen LogP contribution is 2.36. The second-order valence-electron chi connectivity index (χ2n) is 6.36. The number of pyridine rings is 1. The number of amides is 1. The first-order chi connectivity index (χ1) is 12.8. The maximum absolute atomic E-state index is 12.2. The number of nitrogens with zero attached hydrogens (tertiary/aromatic N) is 1. The van der Waals surface area contributed by atoms with Crippen molar-refractivity contribution in [3.05, 3.63) is 58.6 Å². The number of aromatic nitrogens is 1. The zero-order chi connectivity index (χ0) is 19.7. The van der Waals surface area contributed by atoms with Gasteiger partial charge in [-0.15, -0.1) is 0 Å². The fourth-order valence-corrected chi connectivity index (χ4v) is 2.89. The Morgan fingerprint density at radius 1 is 1.11 bits per heavy atom. The van der Waals surface area contributed by atoms with Gasteiger partial charge in [-0.1, -0.05) is 23.7 Å². The number of carbonyl (C=O) groups excluding carboxylic acids is 1. The number of nitrogens with one attached hydrogen (secondary N) is 1. The molecule has 3 aromatic rings. The molecule has 138 valence electrons. The molecule has 0 radical (unpaired) electrons. The van der Waals surface area contributed by atoms with Crippen molar-refractivity contribution < 1.29 is 19.8 Å². The van der Waals surface area contributed by atoms with Gasteiger partial charge in [-0.05, 0) is 44.2 Å². The lowest BCUT2D eigenvalue weighted by Gasteiger charge is -2.13. The quantitative estimate of drug-likeness (QED) is 0.629. The average Bonchev–Trinajstić information content (AvgIpc) is 2.60. The molecule has 0 aliphatic heterocycles. The van der Waals surface area contributed by atoms with Gasteiger partial charge in [0.1, 0.15) is 11.3 Å². The van der Waals surface area contributed by atoms with Crippen molar-refractivity contribution in [3.63, 3.8) is 0 Å². The Labute approximate surface area is 160 Å². The Balaban J connectivity index is 2.23. The summed E-state index contributed by atoms with van der Waals surface area (Å²) in [6.45, 7) is 3.65. The molecule has 1 heterocycles. The predicted molar refractivity (Wildman–Crippen MR) is 103 cm³/mol.